The summed E-state index contributed by atoms with van der Waals surface area (Å²) in [4.78, 5) is 0. The molecular weight excluding hydrogens is 271 g/mol. The molecular formula is C7H11IN2S. The van der Waals surface area contributed by atoms with Gasteiger partial charge in [-0.05, 0) is 28.5 Å². The van der Waals surface area contributed by atoms with Crippen LogP contribution >= 0.6 is 33.9 Å². The van der Waals surface area contributed by atoms with Gasteiger partial charge in [-0.15, -0.1) is 10.2 Å². The van der Waals surface area contributed by atoms with Crippen LogP contribution in [0.4, 0.5) is 0 Å². The Hall–Kier alpha value is 0.290. The van der Waals surface area contributed by atoms with Crippen LogP contribution in [0.15, 0.2) is 0 Å². The van der Waals surface area contributed by atoms with Gasteiger partial charge < -0.3 is 0 Å². The fourth-order valence-electron chi connectivity index (χ4n) is 0.685. The second-order valence-electron chi connectivity index (χ2n) is 2.93. The highest BCUT2D eigenvalue weighted by Gasteiger charge is 2.14. The van der Waals surface area contributed by atoms with E-state index in [0.29, 0.717) is 11.8 Å². The SMILES string of the molecule is CC(C)C(C)c1nnc(I)s1. The Bertz CT molecular complexity index is 234. The Kier molecular flexibility index (Phi) is 3.24. The maximum atomic E-state index is 4.10. The summed E-state index contributed by atoms with van der Waals surface area (Å²) in [5, 5.41) is 9.23. The van der Waals surface area contributed by atoms with Crippen LogP contribution in [0.2, 0.25) is 0 Å². The highest BCUT2D eigenvalue weighted by atomic mass is 127. The van der Waals surface area contributed by atoms with Crippen LogP contribution in [-0.2, 0) is 0 Å². The molecule has 1 rings (SSSR count). The minimum atomic E-state index is 0.538. The molecule has 0 N–H and O–H groups in total. The maximum Gasteiger partial charge on any atom is 0.178 e. The molecule has 1 unspecified atom stereocenters. The lowest BCUT2D eigenvalue weighted by Gasteiger charge is -2.10. The molecule has 1 aromatic rings. The van der Waals surface area contributed by atoms with E-state index in [-0.39, 0.29) is 0 Å². The van der Waals surface area contributed by atoms with Crippen molar-refractivity contribution in [3.63, 3.8) is 0 Å². The van der Waals surface area contributed by atoms with E-state index in [1.807, 2.05) is 0 Å². The highest BCUT2D eigenvalue weighted by molar-refractivity contribution is 14.1. The second-order valence-corrected chi connectivity index (χ2v) is 5.69. The smallest absolute Gasteiger partial charge is 0.142 e. The van der Waals surface area contributed by atoms with Crippen LogP contribution in [0.3, 0.4) is 0 Å². The minimum Gasteiger partial charge on any atom is -0.142 e. The number of aromatic nitrogens is 2. The monoisotopic (exact) mass is 282 g/mol. The number of hydrogen-bond donors (Lipinski definition) is 0. The first kappa shape index (κ1) is 9.38. The topological polar surface area (TPSA) is 25.8 Å². The van der Waals surface area contributed by atoms with Crippen LogP contribution in [0.25, 0.3) is 0 Å². The lowest BCUT2D eigenvalue weighted by Crippen LogP contribution is -2.00. The third-order valence-electron chi connectivity index (χ3n) is 1.81. The fourth-order valence-corrected chi connectivity index (χ4v) is 2.26. The van der Waals surface area contributed by atoms with Gasteiger partial charge in [0.15, 0.2) is 3.01 Å². The summed E-state index contributed by atoms with van der Waals surface area (Å²) in [6, 6.07) is 0. The molecule has 0 amide bonds. The summed E-state index contributed by atoms with van der Waals surface area (Å²) in [6.45, 7) is 6.61. The van der Waals surface area contributed by atoms with Crippen LogP contribution in [0.1, 0.15) is 31.7 Å². The first-order chi connectivity index (χ1) is 5.11. The molecule has 0 saturated carbocycles. The van der Waals surface area contributed by atoms with Gasteiger partial charge in [0.25, 0.3) is 0 Å². The largest absolute Gasteiger partial charge is 0.178 e. The second kappa shape index (κ2) is 3.80. The Morgan fingerprint density at radius 1 is 1.27 bits per heavy atom. The first-order valence-corrected chi connectivity index (χ1v) is 5.49. The van der Waals surface area contributed by atoms with Crippen molar-refractivity contribution in [2.24, 2.45) is 5.92 Å². The van der Waals surface area contributed by atoms with Crippen molar-refractivity contribution in [2.45, 2.75) is 26.7 Å². The summed E-state index contributed by atoms with van der Waals surface area (Å²) < 4.78 is 1.03. The number of hydrogen-bond acceptors (Lipinski definition) is 3. The van der Waals surface area contributed by atoms with Crippen LogP contribution in [0, 0.1) is 8.93 Å². The van der Waals surface area contributed by atoms with E-state index in [9.17, 15) is 0 Å². The van der Waals surface area contributed by atoms with Gasteiger partial charge in [-0.25, -0.2) is 0 Å². The summed E-state index contributed by atoms with van der Waals surface area (Å²) >= 11 is 3.89. The van der Waals surface area contributed by atoms with E-state index in [4.69, 9.17) is 0 Å². The van der Waals surface area contributed by atoms with Gasteiger partial charge in [0, 0.05) is 5.92 Å². The Morgan fingerprint density at radius 3 is 2.27 bits per heavy atom. The molecule has 0 saturated heterocycles. The Morgan fingerprint density at radius 2 is 1.91 bits per heavy atom. The van der Waals surface area contributed by atoms with Crippen molar-refractivity contribution in [1.82, 2.24) is 10.2 Å². The fraction of sp³-hybridized carbons (Fsp3) is 0.714. The summed E-state index contributed by atoms with van der Waals surface area (Å²) in [5.74, 6) is 1.19. The molecule has 11 heavy (non-hydrogen) atoms. The molecule has 0 aromatic carbocycles. The predicted octanol–water partition coefficient (Wildman–Crippen LogP) is 2.90. The Labute approximate surface area is 84.6 Å². The molecule has 0 bridgehead atoms. The van der Waals surface area contributed by atoms with Gasteiger partial charge in [-0.2, -0.15) is 0 Å². The average Bonchev–Trinajstić information content (AvgIpc) is 2.34. The molecule has 0 aliphatic heterocycles. The van der Waals surface area contributed by atoms with E-state index >= 15 is 0 Å². The van der Waals surface area contributed by atoms with Crippen molar-refractivity contribution < 1.29 is 0 Å². The van der Waals surface area contributed by atoms with Crippen LogP contribution in [-0.4, -0.2) is 10.2 Å². The third kappa shape index (κ3) is 2.37. The predicted molar refractivity (Wildman–Crippen MR) is 55.9 cm³/mol. The Balaban J connectivity index is 2.76. The number of halogens is 1. The molecule has 0 aliphatic rings. The summed E-state index contributed by atoms with van der Waals surface area (Å²) in [6.07, 6.45) is 0. The summed E-state index contributed by atoms with van der Waals surface area (Å²) in [5.41, 5.74) is 0. The van der Waals surface area contributed by atoms with Crippen LogP contribution < -0.4 is 0 Å². The van der Waals surface area contributed by atoms with E-state index in [1.54, 1.807) is 11.3 Å². The zero-order valence-electron chi connectivity index (χ0n) is 6.84. The molecule has 1 aromatic heterocycles. The van der Waals surface area contributed by atoms with Crippen molar-refractivity contribution >= 4 is 33.9 Å². The lowest BCUT2D eigenvalue weighted by molar-refractivity contribution is 0.529. The molecule has 0 spiro atoms. The highest BCUT2D eigenvalue weighted by Crippen LogP contribution is 2.26. The van der Waals surface area contributed by atoms with E-state index in [2.05, 4.69) is 53.6 Å². The molecule has 4 heteroatoms. The van der Waals surface area contributed by atoms with E-state index < -0.39 is 0 Å². The summed E-state index contributed by atoms with van der Waals surface area (Å²) in [7, 11) is 0. The third-order valence-corrected chi connectivity index (χ3v) is 3.59. The quantitative estimate of drug-likeness (QED) is 0.779. The van der Waals surface area contributed by atoms with Gasteiger partial charge in [-0.1, -0.05) is 32.1 Å². The molecule has 1 atom stereocenters. The zero-order valence-corrected chi connectivity index (χ0v) is 9.81. The average molecular weight is 282 g/mol. The zero-order chi connectivity index (χ0) is 8.43. The van der Waals surface area contributed by atoms with E-state index in [0.717, 1.165) is 8.02 Å². The van der Waals surface area contributed by atoms with Crippen molar-refractivity contribution in [1.29, 1.82) is 0 Å². The molecule has 0 aliphatic carbocycles. The van der Waals surface area contributed by atoms with E-state index in [1.165, 1.54) is 0 Å². The first-order valence-electron chi connectivity index (χ1n) is 3.60. The molecule has 0 fully saturated rings. The van der Waals surface area contributed by atoms with Crippen LogP contribution in [0.5, 0.6) is 0 Å². The van der Waals surface area contributed by atoms with Crippen molar-refractivity contribution in [3.05, 3.63) is 8.02 Å². The molecule has 62 valence electrons. The van der Waals surface area contributed by atoms with Gasteiger partial charge in [-0.3, -0.25) is 0 Å². The molecule has 2 nitrogen and oxygen atoms in total. The van der Waals surface area contributed by atoms with Gasteiger partial charge in [0.05, 0.1) is 0 Å². The molecule has 1 heterocycles. The van der Waals surface area contributed by atoms with Gasteiger partial charge in [0.2, 0.25) is 0 Å². The number of nitrogens with zero attached hydrogens (tertiary/aromatic N) is 2. The minimum absolute atomic E-state index is 0.538. The maximum absolute atomic E-state index is 4.10. The van der Waals surface area contributed by atoms with Crippen molar-refractivity contribution in [2.75, 3.05) is 0 Å². The molecule has 0 radical (unpaired) electrons. The van der Waals surface area contributed by atoms with Gasteiger partial charge >= 0.3 is 0 Å². The normalized spacial score (nSPS) is 13.9. The standard InChI is InChI=1S/C7H11IN2S/c1-4(2)5(3)6-9-10-7(8)11-6/h4-5H,1-3H3. The number of rotatable bonds is 2. The van der Waals surface area contributed by atoms with Gasteiger partial charge in [0.1, 0.15) is 5.01 Å². The lowest BCUT2D eigenvalue weighted by atomic mass is 9.99. The van der Waals surface area contributed by atoms with Crippen molar-refractivity contribution in [3.8, 4) is 0 Å².